The molecular formula is C12H10N2O2. The summed E-state index contributed by atoms with van der Waals surface area (Å²) in [5, 5.41) is 0. The number of aromatic nitrogens is 2. The Morgan fingerprint density at radius 1 is 1.06 bits per heavy atom. The quantitative estimate of drug-likeness (QED) is 0.727. The predicted molar refractivity (Wildman–Crippen MR) is 57.2 cm³/mol. The fourth-order valence-corrected chi connectivity index (χ4v) is 1.27. The van der Waals surface area contributed by atoms with Gasteiger partial charge in [0.15, 0.2) is 0 Å². The van der Waals surface area contributed by atoms with Crippen LogP contribution in [0.5, 0.6) is 0 Å². The zero-order valence-electron chi connectivity index (χ0n) is 8.75. The van der Waals surface area contributed by atoms with Gasteiger partial charge in [0, 0.05) is 18.0 Å². The number of hydrogen-bond acceptors (Lipinski definition) is 4. The van der Waals surface area contributed by atoms with Crippen LogP contribution < -0.4 is 0 Å². The number of nitrogens with zero attached hydrogens (tertiary/aromatic N) is 2. The summed E-state index contributed by atoms with van der Waals surface area (Å²) in [5.74, 6) is 0. The van der Waals surface area contributed by atoms with Gasteiger partial charge in [-0.3, -0.25) is 0 Å². The highest BCUT2D eigenvalue weighted by Crippen LogP contribution is 2.17. The molecule has 0 aliphatic carbocycles. The average Bonchev–Trinajstić information content (AvgIpc) is 2.31. The Morgan fingerprint density at radius 3 is 2.25 bits per heavy atom. The van der Waals surface area contributed by atoms with Gasteiger partial charge in [-0.1, -0.05) is 29.8 Å². The molecule has 80 valence electrons. The topological polar surface area (TPSA) is 59.9 Å². The zero-order valence-corrected chi connectivity index (χ0v) is 8.75. The summed E-state index contributed by atoms with van der Waals surface area (Å²) in [6.07, 6.45) is 5.43. The van der Waals surface area contributed by atoms with Gasteiger partial charge >= 0.3 is 6.15 Å². The minimum absolute atomic E-state index is 0.250. The molecule has 4 nitrogen and oxygen atoms in total. The standard InChI is InChI=1S/C11H10N2.CO2/c1-9-3-2-4-10(5-9)11-6-12-8-13-7-11;2-1-3/h2-8H,1H3;. The maximum atomic E-state index is 8.12. The van der Waals surface area contributed by atoms with Gasteiger partial charge in [0.2, 0.25) is 0 Å². The predicted octanol–water partition coefficient (Wildman–Crippen LogP) is 1.87. The van der Waals surface area contributed by atoms with Crippen molar-refractivity contribution >= 4 is 6.15 Å². The lowest BCUT2D eigenvalue weighted by Gasteiger charge is -2.00. The lowest BCUT2D eigenvalue weighted by molar-refractivity contribution is -0.191. The van der Waals surface area contributed by atoms with E-state index < -0.39 is 0 Å². The normalized spacial score (nSPS) is 8.56. The monoisotopic (exact) mass is 214 g/mol. The Hall–Kier alpha value is -2.32. The molecule has 1 aromatic carbocycles. The Labute approximate surface area is 93.0 Å². The second kappa shape index (κ2) is 6.22. The van der Waals surface area contributed by atoms with Gasteiger partial charge in [-0.15, -0.1) is 0 Å². The van der Waals surface area contributed by atoms with Crippen molar-refractivity contribution in [2.75, 3.05) is 0 Å². The molecule has 1 heterocycles. The highest BCUT2D eigenvalue weighted by Gasteiger charge is 1.96. The van der Waals surface area contributed by atoms with Crippen molar-refractivity contribution in [1.29, 1.82) is 0 Å². The zero-order chi connectivity index (χ0) is 11.8. The van der Waals surface area contributed by atoms with Crippen LogP contribution in [0.2, 0.25) is 0 Å². The molecule has 0 N–H and O–H groups in total. The molecule has 2 rings (SSSR count). The smallest absolute Gasteiger partial charge is 0.244 e. The summed E-state index contributed by atoms with van der Waals surface area (Å²) >= 11 is 0. The van der Waals surface area contributed by atoms with Crippen molar-refractivity contribution in [3.05, 3.63) is 48.5 Å². The van der Waals surface area contributed by atoms with Crippen LogP contribution in [0.1, 0.15) is 5.56 Å². The Kier molecular flexibility index (Phi) is 4.57. The first-order valence-electron chi connectivity index (χ1n) is 4.59. The van der Waals surface area contributed by atoms with Crippen molar-refractivity contribution in [3.63, 3.8) is 0 Å². The summed E-state index contributed by atoms with van der Waals surface area (Å²) in [4.78, 5) is 24.2. The fraction of sp³-hybridized carbons (Fsp3) is 0.0833. The second-order valence-electron chi connectivity index (χ2n) is 3.08. The number of benzene rings is 1. The third-order valence-electron chi connectivity index (χ3n) is 1.91. The first-order valence-corrected chi connectivity index (χ1v) is 4.59. The van der Waals surface area contributed by atoms with Crippen LogP contribution >= 0.6 is 0 Å². The second-order valence-corrected chi connectivity index (χ2v) is 3.08. The van der Waals surface area contributed by atoms with Gasteiger partial charge in [0.1, 0.15) is 6.33 Å². The summed E-state index contributed by atoms with van der Waals surface area (Å²) in [7, 11) is 0. The molecule has 16 heavy (non-hydrogen) atoms. The fourth-order valence-electron chi connectivity index (χ4n) is 1.27. The average molecular weight is 214 g/mol. The third kappa shape index (κ3) is 3.44. The molecular weight excluding hydrogens is 204 g/mol. The molecule has 0 fully saturated rings. The van der Waals surface area contributed by atoms with Crippen molar-refractivity contribution in [1.82, 2.24) is 9.97 Å². The molecule has 4 heteroatoms. The molecule has 0 unspecified atom stereocenters. The molecule has 0 aliphatic rings. The van der Waals surface area contributed by atoms with Gasteiger partial charge in [0.05, 0.1) is 0 Å². The van der Waals surface area contributed by atoms with E-state index in [2.05, 4.69) is 35.1 Å². The number of hydrogen-bond donors (Lipinski definition) is 0. The van der Waals surface area contributed by atoms with Crippen molar-refractivity contribution in [2.24, 2.45) is 0 Å². The van der Waals surface area contributed by atoms with E-state index >= 15 is 0 Å². The van der Waals surface area contributed by atoms with Crippen molar-refractivity contribution in [3.8, 4) is 11.1 Å². The van der Waals surface area contributed by atoms with Gasteiger partial charge < -0.3 is 0 Å². The van der Waals surface area contributed by atoms with Crippen LogP contribution in [0.3, 0.4) is 0 Å². The van der Waals surface area contributed by atoms with Crippen LogP contribution in [0.25, 0.3) is 11.1 Å². The van der Waals surface area contributed by atoms with Gasteiger partial charge in [-0.05, 0) is 12.5 Å². The van der Waals surface area contributed by atoms with E-state index in [1.807, 2.05) is 18.5 Å². The lowest BCUT2D eigenvalue weighted by atomic mass is 10.1. The van der Waals surface area contributed by atoms with Crippen LogP contribution in [-0.2, 0) is 9.59 Å². The summed E-state index contributed by atoms with van der Waals surface area (Å²) in [5.41, 5.74) is 3.48. The lowest BCUT2D eigenvalue weighted by Crippen LogP contribution is -1.82. The molecule has 2 aromatic rings. The maximum absolute atomic E-state index is 8.12. The van der Waals surface area contributed by atoms with Crippen molar-refractivity contribution in [2.45, 2.75) is 6.92 Å². The largest absolute Gasteiger partial charge is 0.373 e. The van der Waals surface area contributed by atoms with Gasteiger partial charge in [-0.25, -0.2) is 9.97 Å². The number of carbonyl (C=O) groups excluding carboxylic acids is 2. The van der Waals surface area contributed by atoms with Crippen LogP contribution in [0.4, 0.5) is 0 Å². The van der Waals surface area contributed by atoms with Gasteiger partial charge in [0.25, 0.3) is 0 Å². The third-order valence-corrected chi connectivity index (χ3v) is 1.91. The summed E-state index contributed by atoms with van der Waals surface area (Å²) < 4.78 is 0. The Morgan fingerprint density at radius 2 is 1.69 bits per heavy atom. The van der Waals surface area contributed by atoms with Gasteiger partial charge in [-0.2, -0.15) is 9.59 Å². The minimum Gasteiger partial charge on any atom is -0.244 e. The minimum atomic E-state index is 0.250. The van der Waals surface area contributed by atoms with E-state index in [0.29, 0.717) is 0 Å². The molecule has 0 aliphatic heterocycles. The Balaban J connectivity index is 0.000000386. The molecule has 0 amide bonds. The SMILES string of the molecule is Cc1cccc(-c2cncnc2)c1.O=C=O. The first-order chi connectivity index (χ1) is 7.77. The maximum Gasteiger partial charge on any atom is 0.373 e. The van der Waals surface area contributed by atoms with E-state index in [9.17, 15) is 0 Å². The summed E-state index contributed by atoms with van der Waals surface area (Å²) in [6, 6.07) is 8.30. The number of aryl methyl sites for hydroxylation is 1. The van der Waals surface area contributed by atoms with E-state index in [4.69, 9.17) is 9.59 Å². The molecule has 1 aromatic heterocycles. The molecule has 0 bridgehead atoms. The first kappa shape index (κ1) is 11.8. The van der Waals surface area contributed by atoms with Crippen LogP contribution in [0.15, 0.2) is 43.0 Å². The van der Waals surface area contributed by atoms with Crippen molar-refractivity contribution < 1.29 is 9.59 Å². The number of rotatable bonds is 1. The highest BCUT2D eigenvalue weighted by atomic mass is 16.2. The van der Waals surface area contributed by atoms with Crippen LogP contribution in [-0.4, -0.2) is 16.1 Å². The van der Waals surface area contributed by atoms with E-state index in [-0.39, 0.29) is 6.15 Å². The summed E-state index contributed by atoms with van der Waals surface area (Å²) in [6.45, 7) is 2.08. The molecule has 0 spiro atoms. The Bertz CT molecular complexity index is 477. The highest BCUT2D eigenvalue weighted by molar-refractivity contribution is 5.61. The molecule has 0 radical (unpaired) electrons. The molecule has 0 saturated carbocycles. The van der Waals surface area contributed by atoms with E-state index in [0.717, 1.165) is 5.56 Å². The molecule has 0 atom stereocenters. The molecule has 0 saturated heterocycles. The van der Waals surface area contributed by atoms with Crippen LogP contribution in [0, 0.1) is 6.92 Å². The van der Waals surface area contributed by atoms with E-state index in [1.54, 1.807) is 6.33 Å². The van der Waals surface area contributed by atoms with E-state index in [1.165, 1.54) is 11.1 Å².